The van der Waals surface area contributed by atoms with Crippen LogP contribution >= 0.6 is 0 Å². The molecule has 29 heavy (non-hydrogen) atoms. The maximum Gasteiger partial charge on any atom is 0.332 e. The Balaban J connectivity index is 1.96. The molecule has 0 spiro atoms. The highest BCUT2D eigenvalue weighted by Gasteiger charge is 2.19. The number of rotatable bonds is 6. The fourth-order valence-electron chi connectivity index (χ4n) is 3.20. The fraction of sp³-hybridized carbons (Fsp3) is 0.333. The number of fused-ring (bicyclic) bond motifs is 1. The lowest BCUT2D eigenvalue weighted by Crippen LogP contribution is -2.43. The quantitative estimate of drug-likeness (QED) is 0.678. The number of hydrogen-bond donors (Lipinski definition) is 1. The zero-order valence-electron chi connectivity index (χ0n) is 17.0. The van der Waals surface area contributed by atoms with Gasteiger partial charge >= 0.3 is 5.69 Å². The van der Waals surface area contributed by atoms with Crippen molar-refractivity contribution >= 4 is 16.9 Å². The molecule has 0 bridgehead atoms. The number of aromatic nitrogens is 3. The molecule has 2 heterocycles. The second-order valence-electron chi connectivity index (χ2n) is 6.86. The number of benzene rings is 1. The minimum absolute atomic E-state index is 0.195. The summed E-state index contributed by atoms with van der Waals surface area (Å²) < 4.78 is 7.60. The summed E-state index contributed by atoms with van der Waals surface area (Å²) in [6, 6.07) is 7.74. The minimum atomic E-state index is -0.605. The third kappa shape index (κ3) is 3.91. The van der Waals surface area contributed by atoms with Gasteiger partial charge in [-0.15, -0.1) is 0 Å². The van der Waals surface area contributed by atoms with Gasteiger partial charge in [0, 0.05) is 25.4 Å². The monoisotopic (exact) mass is 396 g/mol. The molecule has 3 rings (SSSR count). The van der Waals surface area contributed by atoms with E-state index in [1.807, 2.05) is 38.1 Å². The topological polar surface area (TPSA) is 95.2 Å². The van der Waals surface area contributed by atoms with E-state index in [-0.39, 0.29) is 17.6 Å². The van der Waals surface area contributed by atoms with E-state index in [0.29, 0.717) is 18.7 Å². The third-order valence-corrected chi connectivity index (χ3v) is 4.88. The molecule has 0 radical (unpaired) electrons. The van der Waals surface area contributed by atoms with Crippen molar-refractivity contribution in [2.75, 3.05) is 7.11 Å². The number of nitrogens with zero attached hydrogens (tertiary/aromatic N) is 3. The number of amides is 1. The van der Waals surface area contributed by atoms with Gasteiger partial charge in [0.25, 0.3) is 5.56 Å². The molecule has 0 aliphatic heterocycles. The van der Waals surface area contributed by atoms with E-state index in [0.717, 1.165) is 21.3 Å². The average Bonchev–Trinajstić information content (AvgIpc) is 2.73. The minimum Gasteiger partial charge on any atom is -0.495 e. The van der Waals surface area contributed by atoms with E-state index in [1.54, 1.807) is 6.20 Å². The second kappa shape index (κ2) is 8.30. The van der Waals surface area contributed by atoms with Crippen molar-refractivity contribution in [1.29, 1.82) is 0 Å². The Morgan fingerprint density at radius 1 is 1.21 bits per heavy atom. The Bertz CT molecular complexity index is 1180. The van der Waals surface area contributed by atoms with Gasteiger partial charge in [-0.25, -0.2) is 14.3 Å². The van der Waals surface area contributed by atoms with Gasteiger partial charge in [-0.1, -0.05) is 36.8 Å². The molecule has 1 N–H and O–H groups in total. The largest absolute Gasteiger partial charge is 0.495 e. The van der Waals surface area contributed by atoms with Crippen molar-refractivity contribution in [3.63, 3.8) is 0 Å². The van der Waals surface area contributed by atoms with Crippen LogP contribution in [0.25, 0.3) is 11.0 Å². The highest BCUT2D eigenvalue weighted by molar-refractivity contribution is 5.83. The summed E-state index contributed by atoms with van der Waals surface area (Å²) in [5.74, 6) is -0.0467. The molecular weight excluding hydrogens is 372 g/mol. The Labute approximate surface area is 167 Å². The Hall–Kier alpha value is -3.42. The van der Waals surface area contributed by atoms with E-state index >= 15 is 0 Å². The summed E-state index contributed by atoms with van der Waals surface area (Å²) in [5, 5.41) is 2.94. The molecule has 0 unspecified atom stereocenters. The molecule has 152 valence electrons. The summed E-state index contributed by atoms with van der Waals surface area (Å²) in [7, 11) is 2.99. The molecule has 2 aromatic heterocycles. The first-order chi connectivity index (χ1) is 13.9. The van der Waals surface area contributed by atoms with Crippen LogP contribution in [-0.2, 0) is 31.4 Å². The van der Waals surface area contributed by atoms with Crippen LogP contribution in [0, 0.1) is 6.92 Å². The van der Waals surface area contributed by atoms with Crippen LogP contribution in [0.3, 0.4) is 0 Å². The SMILES string of the molecule is CCc1cnc2c(c1OC)c(=O)n(CC(=O)NCc1ccc(C)cc1)c(=O)n2C. The number of carbonyl (C=O) groups is 1. The molecule has 3 aromatic rings. The summed E-state index contributed by atoms with van der Waals surface area (Å²) in [6.45, 7) is 3.83. The lowest BCUT2D eigenvalue weighted by Gasteiger charge is -2.14. The number of nitrogens with one attached hydrogen (secondary N) is 1. The highest BCUT2D eigenvalue weighted by Crippen LogP contribution is 2.24. The molecule has 0 atom stereocenters. The molecule has 0 aliphatic rings. The van der Waals surface area contributed by atoms with E-state index in [9.17, 15) is 14.4 Å². The van der Waals surface area contributed by atoms with Gasteiger partial charge in [0.05, 0.1) is 7.11 Å². The highest BCUT2D eigenvalue weighted by atomic mass is 16.5. The zero-order valence-corrected chi connectivity index (χ0v) is 17.0. The first-order valence-corrected chi connectivity index (χ1v) is 9.35. The van der Waals surface area contributed by atoms with Gasteiger partial charge in [0.15, 0.2) is 5.65 Å². The molecule has 0 fully saturated rings. The van der Waals surface area contributed by atoms with Gasteiger partial charge in [0.1, 0.15) is 17.7 Å². The fourth-order valence-corrected chi connectivity index (χ4v) is 3.20. The molecule has 0 aliphatic carbocycles. The Morgan fingerprint density at radius 3 is 2.52 bits per heavy atom. The maximum atomic E-state index is 13.0. The number of methoxy groups -OCH3 is 1. The zero-order chi connectivity index (χ0) is 21.1. The summed E-state index contributed by atoms with van der Waals surface area (Å²) >= 11 is 0. The van der Waals surface area contributed by atoms with Gasteiger partial charge < -0.3 is 10.1 Å². The van der Waals surface area contributed by atoms with Crippen LogP contribution in [-0.4, -0.2) is 27.1 Å². The predicted octanol–water partition coefficient (Wildman–Crippen LogP) is 1.29. The number of pyridine rings is 1. The van der Waals surface area contributed by atoms with Crippen molar-refractivity contribution < 1.29 is 9.53 Å². The Kier molecular flexibility index (Phi) is 5.81. The number of aryl methyl sites for hydroxylation is 3. The van der Waals surface area contributed by atoms with Crippen LogP contribution in [0.15, 0.2) is 40.1 Å². The van der Waals surface area contributed by atoms with Crippen LogP contribution < -0.4 is 21.3 Å². The molecular formula is C21H24N4O4. The molecule has 8 heteroatoms. The lowest BCUT2D eigenvalue weighted by atomic mass is 10.1. The summed E-state index contributed by atoms with van der Waals surface area (Å²) in [6.07, 6.45) is 2.21. The maximum absolute atomic E-state index is 13.0. The average molecular weight is 396 g/mol. The summed E-state index contributed by atoms with van der Waals surface area (Å²) in [5.41, 5.74) is 1.85. The van der Waals surface area contributed by atoms with Gasteiger partial charge in [-0.05, 0) is 18.9 Å². The van der Waals surface area contributed by atoms with Gasteiger partial charge in [-0.2, -0.15) is 0 Å². The molecule has 0 saturated carbocycles. The van der Waals surface area contributed by atoms with Crippen LogP contribution in [0.5, 0.6) is 5.75 Å². The van der Waals surface area contributed by atoms with Crippen LogP contribution in [0.2, 0.25) is 0 Å². The first kappa shape index (κ1) is 20.3. The second-order valence-corrected chi connectivity index (χ2v) is 6.86. The van der Waals surface area contributed by atoms with Crippen molar-refractivity contribution in [2.24, 2.45) is 7.05 Å². The van der Waals surface area contributed by atoms with Crippen LogP contribution in [0.1, 0.15) is 23.6 Å². The Morgan fingerprint density at radius 2 is 1.90 bits per heavy atom. The molecule has 0 saturated heterocycles. The van der Waals surface area contributed by atoms with Gasteiger partial charge in [0.2, 0.25) is 5.91 Å². The number of carbonyl (C=O) groups excluding carboxylic acids is 1. The molecule has 1 aromatic carbocycles. The van der Waals surface area contributed by atoms with Crippen molar-refractivity contribution in [3.8, 4) is 5.75 Å². The smallest absolute Gasteiger partial charge is 0.332 e. The third-order valence-electron chi connectivity index (χ3n) is 4.88. The van der Waals surface area contributed by atoms with Crippen molar-refractivity contribution in [3.05, 3.63) is 68.0 Å². The van der Waals surface area contributed by atoms with Crippen molar-refractivity contribution in [1.82, 2.24) is 19.4 Å². The molecule has 1 amide bonds. The van der Waals surface area contributed by atoms with Gasteiger partial charge in [-0.3, -0.25) is 14.2 Å². The summed E-state index contributed by atoms with van der Waals surface area (Å²) in [4.78, 5) is 42.4. The van der Waals surface area contributed by atoms with Crippen molar-refractivity contribution in [2.45, 2.75) is 33.4 Å². The van der Waals surface area contributed by atoms with Crippen LogP contribution in [0.4, 0.5) is 0 Å². The standard InChI is InChI=1S/C21H24N4O4/c1-5-15-11-23-19-17(18(15)29-4)20(27)25(21(28)24(19)3)12-16(26)22-10-14-8-6-13(2)7-9-14/h6-9,11H,5,10,12H2,1-4H3,(H,22,26). The van der Waals surface area contributed by atoms with E-state index < -0.39 is 17.2 Å². The number of ether oxygens (including phenoxy) is 1. The van der Waals surface area contributed by atoms with E-state index in [2.05, 4.69) is 10.3 Å². The van der Waals surface area contributed by atoms with E-state index in [1.165, 1.54) is 18.7 Å². The normalized spacial score (nSPS) is 10.9. The lowest BCUT2D eigenvalue weighted by molar-refractivity contribution is -0.121. The predicted molar refractivity (Wildman–Crippen MR) is 110 cm³/mol. The molecule has 8 nitrogen and oxygen atoms in total. The number of hydrogen-bond acceptors (Lipinski definition) is 5. The first-order valence-electron chi connectivity index (χ1n) is 9.35. The van der Waals surface area contributed by atoms with E-state index in [4.69, 9.17) is 4.74 Å².